The van der Waals surface area contributed by atoms with Crippen molar-refractivity contribution in [1.29, 1.82) is 0 Å². The average Bonchev–Trinajstić information content (AvgIpc) is 2.87. The van der Waals surface area contributed by atoms with E-state index in [9.17, 15) is 25.5 Å². The summed E-state index contributed by atoms with van der Waals surface area (Å²) in [5, 5.41) is 5.36. The van der Waals surface area contributed by atoms with E-state index >= 15 is 0 Å². The second-order valence-corrected chi connectivity index (χ2v) is 12.6. The number of hydrogen-bond acceptors (Lipinski definition) is 12. The molecule has 0 aromatic heterocycles. The molecule has 0 spiro atoms. The number of aliphatic imine (C=N–C) groups is 2. The van der Waals surface area contributed by atoms with Crippen LogP contribution >= 0.6 is 11.6 Å². The van der Waals surface area contributed by atoms with Crippen molar-refractivity contribution in [3.8, 4) is 11.5 Å². The molecular formula is C24H33ClFN7O8S2. The first-order chi connectivity index (χ1) is 19.9. The van der Waals surface area contributed by atoms with E-state index in [1.54, 1.807) is 23.1 Å². The summed E-state index contributed by atoms with van der Waals surface area (Å²) < 4.78 is 73.2. The molecule has 0 fully saturated rings. The predicted octanol–water partition coefficient (Wildman–Crippen LogP) is 2.68. The number of amides is 2. The SMILES string of the molecule is CCS(=O)(=O)O.COc1ccc(S(=O)(=O)F)cc1NC(=O)NCCCOc1ccc(N2C(N)=NC(N)=NC2(C)C)cc1Cl. The highest BCUT2D eigenvalue weighted by molar-refractivity contribution is 7.86. The van der Waals surface area contributed by atoms with E-state index in [2.05, 4.69) is 20.6 Å². The van der Waals surface area contributed by atoms with Crippen LogP contribution in [0.25, 0.3) is 0 Å². The molecule has 0 saturated heterocycles. The third-order valence-electron chi connectivity index (χ3n) is 5.50. The number of guanidine groups is 2. The van der Waals surface area contributed by atoms with Crippen LogP contribution in [0, 0.1) is 0 Å². The molecule has 43 heavy (non-hydrogen) atoms. The largest absolute Gasteiger partial charge is 0.495 e. The van der Waals surface area contributed by atoms with Crippen LogP contribution in [0.5, 0.6) is 11.5 Å². The number of urea groups is 1. The van der Waals surface area contributed by atoms with E-state index < -0.39 is 36.9 Å². The summed E-state index contributed by atoms with van der Waals surface area (Å²) >= 11 is 6.39. The predicted molar refractivity (Wildman–Crippen MR) is 162 cm³/mol. The molecular weight excluding hydrogens is 633 g/mol. The van der Waals surface area contributed by atoms with Crippen molar-refractivity contribution in [2.24, 2.45) is 21.5 Å². The Bertz CT molecular complexity index is 1600. The topological polar surface area (TPSA) is 228 Å². The number of methoxy groups -OCH3 is 1. The van der Waals surface area contributed by atoms with Gasteiger partial charge in [0.2, 0.25) is 11.9 Å². The summed E-state index contributed by atoms with van der Waals surface area (Å²) in [6, 6.07) is 7.71. The molecule has 0 aliphatic carbocycles. The molecule has 2 amide bonds. The fraction of sp³-hybridized carbons (Fsp3) is 0.375. The van der Waals surface area contributed by atoms with Crippen LogP contribution in [-0.4, -0.2) is 71.0 Å². The number of hydrogen-bond donors (Lipinski definition) is 5. The molecule has 0 atom stereocenters. The number of nitrogens with one attached hydrogen (secondary N) is 2. The van der Waals surface area contributed by atoms with Gasteiger partial charge in [-0.2, -0.15) is 21.8 Å². The highest BCUT2D eigenvalue weighted by Gasteiger charge is 2.33. The Labute approximate surface area is 254 Å². The third kappa shape index (κ3) is 10.7. The van der Waals surface area contributed by atoms with Crippen molar-refractivity contribution in [3.05, 3.63) is 41.4 Å². The zero-order valence-electron chi connectivity index (χ0n) is 23.7. The van der Waals surface area contributed by atoms with E-state index in [-0.39, 0.29) is 42.3 Å². The number of halogens is 2. The maximum Gasteiger partial charge on any atom is 0.332 e. The van der Waals surface area contributed by atoms with Gasteiger partial charge in [-0.3, -0.25) is 9.45 Å². The van der Waals surface area contributed by atoms with Crippen LogP contribution in [-0.2, 0) is 20.3 Å². The molecule has 2 aromatic rings. The zero-order chi connectivity index (χ0) is 32.6. The first-order valence-electron chi connectivity index (χ1n) is 12.4. The summed E-state index contributed by atoms with van der Waals surface area (Å²) in [6.45, 7) is 5.49. The van der Waals surface area contributed by atoms with Gasteiger partial charge in [-0.15, -0.1) is 3.89 Å². The van der Waals surface area contributed by atoms with Crippen LogP contribution in [0.2, 0.25) is 5.02 Å². The highest BCUT2D eigenvalue weighted by Crippen LogP contribution is 2.34. The van der Waals surface area contributed by atoms with E-state index in [1.807, 2.05) is 13.8 Å². The molecule has 2 aromatic carbocycles. The normalized spacial score (nSPS) is 14.4. The van der Waals surface area contributed by atoms with Gasteiger partial charge in [0.1, 0.15) is 22.1 Å². The molecule has 15 nitrogen and oxygen atoms in total. The Morgan fingerprint density at radius 3 is 2.30 bits per heavy atom. The van der Waals surface area contributed by atoms with Crippen LogP contribution < -0.4 is 36.5 Å². The van der Waals surface area contributed by atoms with Gasteiger partial charge in [0.15, 0.2) is 0 Å². The molecule has 1 heterocycles. The lowest BCUT2D eigenvalue weighted by atomic mass is 10.1. The van der Waals surface area contributed by atoms with Crippen molar-refractivity contribution >= 4 is 61.3 Å². The maximum atomic E-state index is 13.3. The first kappa shape index (κ1) is 35.3. The Balaban J connectivity index is 0.000000973. The Hall–Kier alpha value is -3.87. The monoisotopic (exact) mass is 665 g/mol. The van der Waals surface area contributed by atoms with E-state index in [1.165, 1.54) is 20.1 Å². The average molecular weight is 666 g/mol. The number of nitrogens with zero attached hydrogens (tertiary/aromatic N) is 3. The van der Waals surface area contributed by atoms with Gasteiger partial charge in [0.05, 0.1) is 30.2 Å². The standard InChI is InChI=1S/C22H27ClFN7O5S.C2H6O3S/c1-22(2)30-19(25)29-20(26)31(22)13-5-7-17(15(23)11-13)36-10-4-9-27-21(32)28-16-12-14(37(24,33)34)6-8-18(16)35-3;1-2-6(3,4)5/h5-8,11-12H,4,9-10H2,1-3H3,(H2,27,28,32)(H4,25,26,29,30);2H2,1H3,(H,3,4,5). The van der Waals surface area contributed by atoms with E-state index in [0.717, 1.165) is 12.1 Å². The minimum atomic E-state index is -4.94. The summed E-state index contributed by atoms with van der Waals surface area (Å²) in [6.07, 6.45) is 0.425. The van der Waals surface area contributed by atoms with E-state index in [4.69, 9.17) is 37.1 Å². The van der Waals surface area contributed by atoms with Gasteiger partial charge < -0.3 is 31.6 Å². The van der Waals surface area contributed by atoms with Crippen LogP contribution in [0.3, 0.4) is 0 Å². The molecule has 3 rings (SSSR count). The lowest BCUT2D eigenvalue weighted by molar-refractivity contribution is 0.250. The van der Waals surface area contributed by atoms with Crippen LogP contribution in [0.4, 0.5) is 20.1 Å². The second-order valence-electron chi connectivity index (χ2n) is 9.14. The van der Waals surface area contributed by atoms with Gasteiger partial charge in [0.25, 0.3) is 10.1 Å². The number of ether oxygens (including phenoxy) is 2. The number of rotatable bonds is 10. The molecule has 19 heteroatoms. The fourth-order valence-corrected chi connectivity index (χ4v) is 4.27. The van der Waals surface area contributed by atoms with Gasteiger partial charge in [-0.25, -0.2) is 9.79 Å². The summed E-state index contributed by atoms with van der Waals surface area (Å²) in [4.78, 5) is 21.6. The van der Waals surface area contributed by atoms with Gasteiger partial charge >= 0.3 is 16.3 Å². The summed E-state index contributed by atoms with van der Waals surface area (Å²) in [5.74, 6) is 0.666. The second kappa shape index (κ2) is 14.5. The Morgan fingerprint density at radius 1 is 1.14 bits per heavy atom. The van der Waals surface area contributed by atoms with Crippen molar-refractivity contribution in [1.82, 2.24) is 5.32 Å². The quantitative estimate of drug-likeness (QED) is 0.141. The summed E-state index contributed by atoms with van der Waals surface area (Å²) in [5.41, 5.74) is 11.6. The number of anilines is 2. The lowest BCUT2D eigenvalue weighted by Crippen LogP contribution is -2.54. The lowest BCUT2D eigenvalue weighted by Gasteiger charge is -2.38. The zero-order valence-corrected chi connectivity index (χ0v) is 26.1. The molecule has 0 unspecified atom stereocenters. The van der Waals surface area contributed by atoms with Gasteiger partial charge in [0, 0.05) is 12.2 Å². The Morgan fingerprint density at radius 2 is 1.77 bits per heavy atom. The highest BCUT2D eigenvalue weighted by atomic mass is 35.5. The molecule has 238 valence electrons. The fourth-order valence-electron chi connectivity index (χ4n) is 3.56. The smallest absolute Gasteiger partial charge is 0.332 e. The maximum absolute atomic E-state index is 13.3. The van der Waals surface area contributed by atoms with Crippen LogP contribution in [0.15, 0.2) is 51.3 Å². The molecule has 0 bridgehead atoms. The van der Waals surface area contributed by atoms with Crippen molar-refractivity contribution in [2.45, 2.75) is 37.8 Å². The van der Waals surface area contributed by atoms with Crippen LogP contribution in [0.1, 0.15) is 27.2 Å². The molecule has 1 aliphatic rings. The number of benzene rings is 2. The minimum absolute atomic E-state index is 0.00205. The number of nitrogens with two attached hydrogens (primary N) is 2. The van der Waals surface area contributed by atoms with E-state index in [0.29, 0.717) is 22.9 Å². The third-order valence-corrected chi connectivity index (χ3v) is 7.34. The molecule has 1 aliphatic heterocycles. The molecule has 0 saturated carbocycles. The number of carbonyl (C=O) groups excluding carboxylic acids is 1. The van der Waals surface area contributed by atoms with Gasteiger partial charge in [-0.1, -0.05) is 11.6 Å². The van der Waals surface area contributed by atoms with Gasteiger partial charge in [-0.05, 0) is 63.6 Å². The molecule has 0 radical (unpaired) electrons. The first-order valence-corrected chi connectivity index (χ1v) is 15.8. The number of carbonyl (C=O) groups is 1. The van der Waals surface area contributed by atoms with Crippen molar-refractivity contribution < 1.29 is 39.5 Å². The Kier molecular flexibility index (Phi) is 11.9. The van der Waals surface area contributed by atoms with Crippen molar-refractivity contribution in [2.75, 3.05) is 36.2 Å². The minimum Gasteiger partial charge on any atom is -0.495 e. The molecule has 7 N–H and O–H groups in total. The van der Waals surface area contributed by atoms with Crippen molar-refractivity contribution in [3.63, 3.8) is 0 Å². The summed E-state index contributed by atoms with van der Waals surface area (Å²) in [7, 11) is -7.27.